The molecule has 0 fully saturated rings. The van der Waals surface area contributed by atoms with Crippen molar-refractivity contribution in [2.24, 2.45) is 5.41 Å². The topological polar surface area (TPSA) is 58.2 Å². The van der Waals surface area contributed by atoms with E-state index in [2.05, 4.69) is 26.6 Å². The lowest BCUT2D eigenvalue weighted by atomic mass is 9.95. The monoisotopic (exact) mass is 340 g/mol. The highest BCUT2D eigenvalue weighted by Gasteiger charge is 2.25. The molecule has 110 valence electrons. The van der Waals surface area contributed by atoms with Crippen LogP contribution in [-0.4, -0.2) is 17.9 Å². The standard InChI is InChI=1S/C15H21BrN2O2/c1-9-8-11(6-7-12(9)16)18-13(19)10(2)17-14(20)15(3,4)5/h6-8,10H,1-5H3,(H,17,20)(H,18,19). The zero-order valence-corrected chi connectivity index (χ0v) is 14.1. The van der Waals surface area contributed by atoms with Gasteiger partial charge in [0.25, 0.3) is 0 Å². The SMILES string of the molecule is Cc1cc(NC(=O)C(C)NC(=O)C(C)(C)C)ccc1Br. The van der Waals surface area contributed by atoms with Gasteiger partial charge in [0.1, 0.15) is 6.04 Å². The van der Waals surface area contributed by atoms with E-state index in [4.69, 9.17) is 0 Å². The summed E-state index contributed by atoms with van der Waals surface area (Å²) in [4.78, 5) is 23.9. The van der Waals surface area contributed by atoms with Gasteiger partial charge in [0.15, 0.2) is 0 Å². The Labute approximate surface area is 128 Å². The Bertz CT molecular complexity index is 521. The number of carbonyl (C=O) groups excluding carboxylic acids is 2. The van der Waals surface area contributed by atoms with E-state index in [1.807, 2.05) is 45.9 Å². The van der Waals surface area contributed by atoms with Crippen molar-refractivity contribution in [3.63, 3.8) is 0 Å². The van der Waals surface area contributed by atoms with Gasteiger partial charge in [0.2, 0.25) is 11.8 Å². The van der Waals surface area contributed by atoms with E-state index in [0.29, 0.717) is 5.69 Å². The third kappa shape index (κ3) is 4.63. The average Bonchev–Trinajstić information content (AvgIpc) is 2.32. The van der Waals surface area contributed by atoms with E-state index in [1.54, 1.807) is 6.92 Å². The fraction of sp³-hybridized carbons (Fsp3) is 0.467. The molecule has 1 aromatic carbocycles. The molecule has 0 aliphatic carbocycles. The third-order valence-electron chi connectivity index (χ3n) is 2.85. The molecule has 0 radical (unpaired) electrons. The van der Waals surface area contributed by atoms with Crippen LogP contribution in [0.3, 0.4) is 0 Å². The molecule has 0 spiro atoms. The van der Waals surface area contributed by atoms with Gasteiger partial charge >= 0.3 is 0 Å². The molecule has 4 nitrogen and oxygen atoms in total. The van der Waals surface area contributed by atoms with E-state index >= 15 is 0 Å². The number of halogens is 1. The molecular weight excluding hydrogens is 320 g/mol. The van der Waals surface area contributed by atoms with Gasteiger partial charge in [-0.3, -0.25) is 9.59 Å². The summed E-state index contributed by atoms with van der Waals surface area (Å²) in [5, 5.41) is 5.50. The molecule has 1 unspecified atom stereocenters. The van der Waals surface area contributed by atoms with Crippen LogP contribution in [0, 0.1) is 12.3 Å². The van der Waals surface area contributed by atoms with Crippen molar-refractivity contribution in [2.45, 2.75) is 40.7 Å². The minimum absolute atomic E-state index is 0.146. The van der Waals surface area contributed by atoms with Crippen molar-refractivity contribution in [3.8, 4) is 0 Å². The Morgan fingerprint density at radius 2 is 1.85 bits per heavy atom. The quantitative estimate of drug-likeness (QED) is 0.887. The first-order chi connectivity index (χ1) is 9.11. The number of amides is 2. The fourth-order valence-corrected chi connectivity index (χ4v) is 1.70. The first kappa shape index (κ1) is 16.7. The molecule has 0 heterocycles. The lowest BCUT2D eigenvalue weighted by molar-refractivity contribution is -0.131. The summed E-state index contributed by atoms with van der Waals surface area (Å²) in [6.45, 7) is 9.05. The lowest BCUT2D eigenvalue weighted by Gasteiger charge is -2.21. The zero-order chi connectivity index (χ0) is 15.5. The molecule has 1 rings (SSSR count). The first-order valence-electron chi connectivity index (χ1n) is 6.49. The maximum atomic E-state index is 12.0. The smallest absolute Gasteiger partial charge is 0.246 e. The Kier molecular flexibility index (Phi) is 5.34. The normalized spacial score (nSPS) is 12.7. The van der Waals surface area contributed by atoms with Crippen molar-refractivity contribution in [1.82, 2.24) is 5.32 Å². The summed E-state index contributed by atoms with van der Waals surface area (Å²) in [6, 6.07) is 4.99. The van der Waals surface area contributed by atoms with Crippen molar-refractivity contribution >= 4 is 33.4 Å². The molecule has 5 heteroatoms. The largest absolute Gasteiger partial charge is 0.344 e. The van der Waals surface area contributed by atoms with Crippen LogP contribution >= 0.6 is 15.9 Å². The van der Waals surface area contributed by atoms with Crippen LogP contribution in [0.5, 0.6) is 0 Å². The molecule has 2 amide bonds. The highest BCUT2D eigenvalue weighted by Crippen LogP contribution is 2.20. The van der Waals surface area contributed by atoms with Crippen LogP contribution < -0.4 is 10.6 Å². The highest BCUT2D eigenvalue weighted by molar-refractivity contribution is 9.10. The van der Waals surface area contributed by atoms with Crippen molar-refractivity contribution in [2.75, 3.05) is 5.32 Å². The molecule has 1 aromatic rings. The fourth-order valence-electron chi connectivity index (χ4n) is 1.45. The highest BCUT2D eigenvalue weighted by atomic mass is 79.9. The number of hydrogen-bond donors (Lipinski definition) is 2. The Morgan fingerprint density at radius 3 is 2.35 bits per heavy atom. The van der Waals surface area contributed by atoms with Crippen molar-refractivity contribution < 1.29 is 9.59 Å². The Hall–Kier alpha value is -1.36. The van der Waals surface area contributed by atoms with Crippen LogP contribution in [-0.2, 0) is 9.59 Å². The molecule has 0 aromatic heterocycles. The molecule has 0 bridgehead atoms. The molecular formula is C15H21BrN2O2. The Morgan fingerprint density at radius 1 is 1.25 bits per heavy atom. The van der Waals surface area contributed by atoms with Gasteiger partial charge in [-0.2, -0.15) is 0 Å². The second kappa shape index (κ2) is 6.39. The summed E-state index contributed by atoms with van der Waals surface area (Å²) >= 11 is 3.41. The van der Waals surface area contributed by atoms with E-state index in [-0.39, 0.29) is 11.8 Å². The second-order valence-corrected chi connectivity index (χ2v) is 6.75. The number of hydrogen-bond acceptors (Lipinski definition) is 2. The molecule has 0 saturated carbocycles. The van der Waals surface area contributed by atoms with Gasteiger partial charge in [0, 0.05) is 15.6 Å². The molecule has 0 aliphatic heterocycles. The summed E-state index contributed by atoms with van der Waals surface area (Å²) in [5.74, 6) is -0.378. The van der Waals surface area contributed by atoms with Gasteiger partial charge in [-0.05, 0) is 37.6 Å². The first-order valence-corrected chi connectivity index (χ1v) is 7.28. The number of aryl methyl sites for hydroxylation is 1. The van der Waals surface area contributed by atoms with Crippen LogP contribution in [0.25, 0.3) is 0 Å². The number of anilines is 1. The molecule has 0 saturated heterocycles. The number of carbonyl (C=O) groups is 2. The minimum Gasteiger partial charge on any atom is -0.344 e. The minimum atomic E-state index is -0.578. The summed E-state index contributed by atoms with van der Waals surface area (Å²) in [6.07, 6.45) is 0. The van der Waals surface area contributed by atoms with Gasteiger partial charge in [-0.25, -0.2) is 0 Å². The average molecular weight is 341 g/mol. The van der Waals surface area contributed by atoms with Gasteiger partial charge in [-0.1, -0.05) is 36.7 Å². The number of rotatable bonds is 3. The third-order valence-corrected chi connectivity index (χ3v) is 3.74. The zero-order valence-electron chi connectivity index (χ0n) is 12.5. The summed E-state index contributed by atoms with van der Waals surface area (Å²) in [5.41, 5.74) is 1.24. The second-order valence-electron chi connectivity index (χ2n) is 5.90. The van der Waals surface area contributed by atoms with E-state index in [1.165, 1.54) is 0 Å². The van der Waals surface area contributed by atoms with Crippen molar-refractivity contribution in [3.05, 3.63) is 28.2 Å². The van der Waals surface area contributed by atoms with Crippen LogP contribution in [0.15, 0.2) is 22.7 Å². The Balaban J connectivity index is 2.66. The molecule has 20 heavy (non-hydrogen) atoms. The van der Waals surface area contributed by atoms with Gasteiger partial charge in [-0.15, -0.1) is 0 Å². The van der Waals surface area contributed by atoms with Crippen LogP contribution in [0.4, 0.5) is 5.69 Å². The summed E-state index contributed by atoms with van der Waals surface area (Å²) in [7, 11) is 0. The summed E-state index contributed by atoms with van der Waals surface area (Å²) < 4.78 is 0.990. The maximum absolute atomic E-state index is 12.0. The van der Waals surface area contributed by atoms with Gasteiger partial charge < -0.3 is 10.6 Å². The molecule has 1 atom stereocenters. The maximum Gasteiger partial charge on any atom is 0.246 e. The van der Waals surface area contributed by atoms with E-state index in [0.717, 1.165) is 10.0 Å². The van der Waals surface area contributed by atoms with Crippen LogP contribution in [0.2, 0.25) is 0 Å². The van der Waals surface area contributed by atoms with Gasteiger partial charge in [0.05, 0.1) is 0 Å². The van der Waals surface area contributed by atoms with Crippen molar-refractivity contribution in [1.29, 1.82) is 0 Å². The van der Waals surface area contributed by atoms with E-state index in [9.17, 15) is 9.59 Å². The lowest BCUT2D eigenvalue weighted by Crippen LogP contribution is -2.46. The van der Waals surface area contributed by atoms with Crippen LogP contribution in [0.1, 0.15) is 33.3 Å². The number of nitrogens with one attached hydrogen (secondary N) is 2. The predicted molar refractivity (Wildman–Crippen MR) is 84.6 cm³/mol. The predicted octanol–water partition coefficient (Wildman–Crippen LogP) is 3.25. The van der Waals surface area contributed by atoms with E-state index < -0.39 is 11.5 Å². The molecule has 0 aliphatic rings. The molecule has 2 N–H and O–H groups in total. The number of benzene rings is 1.